The summed E-state index contributed by atoms with van der Waals surface area (Å²) in [4.78, 5) is 13.2. The van der Waals surface area contributed by atoms with Crippen LogP contribution in [-0.4, -0.2) is 28.8 Å². The minimum absolute atomic E-state index is 0. The summed E-state index contributed by atoms with van der Waals surface area (Å²) in [6.07, 6.45) is 3.89. The standard InChI is InChI=1S/C21H30N4O.ClH/c1-13(2)16-7-6-8-17(14(3)4)20(16)24-21(26)19-11-22-10-18(19)15-9-23-25(5)12-15;/h6-9,12-14,18-19,22H,10-11H2,1-5H3,(H,24,26);1H/t18-,19+;/m1./s1. The Morgan fingerprint density at radius 3 is 2.33 bits per heavy atom. The molecule has 3 rings (SSSR count). The summed E-state index contributed by atoms with van der Waals surface area (Å²) in [5.41, 5.74) is 4.53. The molecule has 6 heteroatoms. The molecule has 1 aromatic carbocycles. The van der Waals surface area contributed by atoms with Gasteiger partial charge in [-0.15, -0.1) is 12.4 Å². The van der Waals surface area contributed by atoms with E-state index in [4.69, 9.17) is 0 Å². The normalized spacial score (nSPS) is 19.4. The fourth-order valence-corrected chi connectivity index (χ4v) is 3.85. The van der Waals surface area contributed by atoms with E-state index < -0.39 is 0 Å². The van der Waals surface area contributed by atoms with Crippen LogP contribution < -0.4 is 10.6 Å². The Balaban J connectivity index is 0.00000261. The number of nitrogens with one attached hydrogen (secondary N) is 2. The monoisotopic (exact) mass is 390 g/mol. The van der Waals surface area contributed by atoms with Crippen molar-refractivity contribution in [2.75, 3.05) is 18.4 Å². The SMILES string of the molecule is CC(C)c1cccc(C(C)C)c1NC(=O)[C@H]1CNC[C@@H]1c1cnn(C)c1.Cl. The number of hydrogen-bond donors (Lipinski definition) is 2. The van der Waals surface area contributed by atoms with Gasteiger partial charge in [-0.1, -0.05) is 45.9 Å². The molecule has 148 valence electrons. The molecule has 2 aromatic rings. The zero-order valence-corrected chi connectivity index (χ0v) is 17.6. The number of hydrogen-bond acceptors (Lipinski definition) is 3. The Morgan fingerprint density at radius 2 is 1.81 bits per heavy atom. The molecule has 2 atom stereocenters. The molecule has 1 saturated heterocycles. The molecular weight excluding hydrogens is 360 g/mol. The van der Waals surface area contributed by atoms with Crippen LogP contribution in [0.1, 0.15) is 62.1 Å². The highest BCUT2D eigenvalue weighted by molar-refractivity contribution is 5.95. The molecule has 2 heterocycles. The smallest absolute Gasteiger partial charge is 0.229 e. The average Bonchev–Trinajstić information content (AvgIpc) is 3.23. The van der Waals surface area contributed by atoms with E-state index in [0.29, 0.717) is 18.4 Å². The molecule has 0 unspecified atom stereocenters. The lowest BCUT2D eigenvalue weighted by molar-refractivity contribution is -0.119. The molecule has 2 N–H and O–H groups in total. The van der Waals surface area contributed by atoms with Gasteiger partial charge in [0.15, 0.2) is 0 Å². The molecule has 1 aliphatic heterocycles. The maximum Gasteiger partial charge on any atom is 0.229 e. The number of carbonyl (C=O) groups excluding carboxylic acids is 1. The summed E-state index contributed by atoms with van der Waals surface area (Å²) >= 11 is 0. The Morgan fingerprint density at radius 1 is 1.19 bits per heavy atom. The molecule has 1 amide bonds. The highest BCUT2D eigenvalue weighted by Crippen LogP contribution is 2.34. The molecule has 0 spiro atoms. The second kappa shape index (κ2) is 8.89. The lowest BCUT2D eigenvalue weighted by Crippen LogP contribution is -2.29. The van der Waals surface area contributed by atoms with Crippen molar-refractivity contribution in [3.05, 3.63) is 47.3 Å². The van der Waals surface area contributed by atoms with E-state index in [9.17, 15) is 4.79 Å². The summed E-state index contributed by atoms with van der Waals surface area (Å²) in [6, 6.07) is 6.34. The van der Waals surface area contributed by atoms with Crippen molar-refractivity contribution >= 4 is 24.0 Å². The lowest BCUT2D eigenvalue weighted by atomic mass is 9.89. The number of amides is 1. The van der Waals surface area contributed by atoms with Crippen molar-refractivity contribution in [2.45, 2.75) is 45.4 Å². The van der Waals surface area contributed by atoms with Gasteiger partial charge in [-0.25, -0.2) is 0 Å². The Kier molecular flexibility index (Phi) is 7.06. The highest BCUT2D eigenvalue weighted by Gasteiger charge is 2.35. The Labute approximate surface area is 168 Å². The topological polar surface area (TPSA) is 59.0 Å². The molecular formula is C21H31ClN4O. The fourth-order valence-electron chi connectivity index (χ4n) is 3.85. The predicted molar refractivity (Wildman–Crippen MR) is 113 cm³/mol. The van der Waals surface area contributed by atoms with Crippen molar-refractivity contribution in [3.63, 3.8) is 0 Å². The average molecular weight is 391 g/mol. The molecule has 1 fully saturated rings. The van der Waals surface area contributed by atoms with E-state index in [1.54, 1.807) is 4.68 Å². The molecule has 0 bridgehead atoms. The third kappa shape index (κ3) is 4.53. The van der Waals surface area contributed by atoms with E-state index in [2.05, 4.69) is 61.6 Å². The summed E-state index contributed by atoms with van der Waals surface area (Å²) in [5, 5.41) is 10.9. The van der Waals surface area contributed by atoms with E-state index in [1.807, 2.05) is 19.4 Å². The van der Waals surface area contributed by atoms with Crippen molar-refractivity contribution in [2.24, 2.45) is 13.0 Å². The van der Waals surface area contributed by atoms with Crippen LogP contribution >= 0.6 is 12.4 Å². The lowest BCUT2D eigenvalue weighted by Gasteiger charge is -2.23. The molecule has 1 aromatic heterocycles. The number of halogens is 1. The van der Waals surface area contributed by atoms with Crippen LogP contribution in [0.4, 0.5) is 5.69 Å². The van der Waals surface area contributed by atoms with E-state index in [0.717, 1.165) is 17.8 Å². The summed E-state index contributed by atoms with van der Waals surface area (Å²) < 4.78 is 1.80. The first-order valence-electron chi connectivity index (χ1n) is 9.51. The van der Waals surface area contributed by atoms with Crippen LogP contribution in [-0.2, 0) is 11.8 Å². The van der Waals surface area contributed by atoms with Crippen LogP contribution in [0.5, 0.6) is 0 Å². The summed E-state index contributed by atoms with van der Waals surface area (Å²) in [5.74, 6) is 0.898. The second-order valence-corrected chi connectivity index (χ2v) is 7.93. The zero-order valence-electron chi connectivity index (χ0n) is 16.8. The van der Waals surface area contributed by atoms with Gasteiger partial charge in [0.2, 0.25) is 5.91 Å². The van der Waals surface area contributed by atoms with Crippen LogP contribution in [0.25, 0.3) is 0 Å². The third-order valence-electron chi connectivity index (χ3n) is 5.33. The van der Waals surface area contributed by atoms with Gasteiger partial charge in [-0.3, -0.25) is 9.48 Å². The number of para-hydroxylation sites is 1. The summed E-state index contributed by atoms with van der Waals surface area (Å²) in [6.45, 7) is 10.2. The van der Waals surface area contributed by atoms with Gasteiger partial charge >= 0.3 is 0 Å². The number of anilines is 1. The molecule has 0 radical (unpaired) electrons. The zero-order chi connectivity index (χ0) is 18.8. The molecule has 5 nitrogen and oxygen atoms in total. The quantitative estimate of drug-likeness (QED) is 0.810. The Hall–Kier alpha value is -1.85. The van der Waals surface area contributed by atoms with E-state index in [-0.39, 0.29) is 30.2 Å². The van der Waals surface area contributed by atoms with Gasteiger partial charge in [-0.05, 0) is 28.5 Å². The minimum Gasteiger partial charge on any atom is -0.325 e. The van der Waals surface area contributed by atoms with Gasteiger partial charge < -0.3 is 10.6 Å². The maximum absolute atomic E-state index is 13.2. The minimum atomic E-state index is -0.0839. The first kappa shape index (κ1) is 21.5. The third-order valence-corrected chi connectivity index (χ3v) is 5.33. The van der Waals surface area contributed by atoms with Gasteiger partial charge in [-0.2, -0.15) is 5.10 Å². The molecule has 0 aliphatic carbocycles. The first-order chi connectivity index (χ1) is 12.4. The van der Waals surface area contributed by atoms with Gasteiger partial charge in [0.1, 0.15) is 0 Å². The highest BCUT2D eigenvalue weighted by atomic mass is 35.5. The van der Waals surface area contributed by atoms with Gasteiger partial charge in [0, 0.05) is 37.9 Å². The largest absolute Gasteiger partial charge is 0.325 e. The van der Waals surface area contributed by atoms with E-state index >= 15 is 0 Å². The van der Waals surface area contributed by atoms with Crippen LogP contribution in [0.2, 0.25) is 0 Å². The molecule has 1 aliphatic rings. The van der Waals surface area contributed by atoms with Crippen LogP contribution in [0, 0.1) is 5.92 Å². The first-order valence-corrected chi connectivity index (χ1v) is 9.51. The van der Waals surface area contributed by atoms with Crippen molar-refractivity contribution in [1.82, 2.24) is 15.1 Å². The summed E-state index contributed by atoms with van der Waals surface area (Å²) in [7, 11) is 1.91. The Bertz CT molecular complexity index is 758. The number of aryl methyl sites for hydroxylation is 1. The predicted octanol–water partition coefficient (Wildman–Crippen LogP) is 4.03. The van der Waals surface area contributed by atoms with Gasteiger partial charge in [0.25, 0.3) is 0 Å². The molecule has 27 heavy (non-hydrogen) atoms. The van der Waals surface area contributed by atoms with Crippen LogP contribution in [0.3, 0.4) is 0 Å². The molecule has 0 saturated carbocycles. The number of rotatable bonds is 5. The van der Waals surface area contributed by atoms with Crippen molar-refractivity contribution < 1.29 is 4.79 Å². The number of benzene rings is 1. The second-order valence-electron chi connectivity index (χ2n) is 7.93. The maximum atomic E-state index is 13.2. The fraction of sp³-hybridized carbons (Fsp3) is 0.524. The van der Waals surface area contributed by atoms with Crippen LogP contribution in [0.15, 0.2) is 30.6 Å². The number of carbonyl (C=O) groups is 1. The number of nitrogens with zero attached hydrogens (tertiary/aromatic N) is 2. The van der Waals surface area contributed by atoms with Gasteiger partial charge in [0.05, 0.1) is 12.1 Å². The number of aromatic nitrogens is 2. The van der Waals surface area contributed by atoms with Crippen molar-refractivity contribution in [1.29, 1.82) is 0 Å². The van der Waals surface area contributed by atoms with E-state index in [1.165, 1.54) is 11.1 Å². The van der Waals surface area contributed by atoms with Crippen molar-refractivity contribution in [3.8, 4) is 0 Å².